The maximum absolute atomic E-state index is 12.6. The third-order valence-corrected chi connectivity index (χ3v) is 27.3. The average molecular weight is 2010 g/mol. The number of benzene rings is 16. The quantitative estimate of drug-likeness (QED) is 0.0201. The molecular weight excluding hydrogens is 1930 g/mol. The smallest absolute Gasteiger partial charge is 0.507 e. The Kier molecular flexibility index (Phi) is 32.9. The molecule has 19 rings (SSSR count). The maximum Gasteiger partial charge on any atom is 0.534 e. The molecule has 0 saturated carbocycles. The average Bonchev–Trinajstić information content (AvgIpc) is 1.63. The Morgan fingerprint density at radius 2 is 0.518 bits per heavy atom. The second-order valence-corrected chi connectivity index (χ2v) is 37.3. The Labute approximate surface area is 804 Å². The molecule has 0 unspecified atom stereocenters. The molecule has 16 aromatic carbocycles. The normalized spacial score (nSPS) is 11.4. The van der Waals surface area contributed by atoms with E-state index in [-0.39, 0.29) is 28.6 Å². The maximum atomic E-state index is 12.6. The third kappa shape index (κ3) is 23.9. The third-order valence-electron chi connectivity index (χ3n) is 20.8. The van der Waals surface area contributed by atoms with Crippen LogP contribution in [0.2, 0.25) is 0 Å². The lowest BCUT2D eigenvalue weighted by Gasteiger charge is -2.17. The van der Waals surface area contributed by atoms with Gasteiger partial charge in [0, 0.05) is 66.3 Å². The molecule has 3 aromatic heterocycles. The highest BCUT2D eigenvalue weighted by Gasteiger charge is 2.52. The number of rotatable bonds is 18. The van der Waals surface area contributed by atoms with E-state index in [2.05, 4.69) is 152 Å². The van der Waals surface area contributed by atoms with Gasteiger partial charge in [-0.3, -0.25) is 0 Å². The van der Waals surface area contributed by atoms with Crippen LogP contribution in [0.3, 0.4) is 0 Å². The second kappa shape index (κ2) is 44.8. The fourth-order valence-corrected chi connectivity index (χ4v) is 19.6. The van der Waals surface area contributed by atoms with E-state index in [1.54, 1.807) is 74.1 Å². The zero-order chi connectivity index (χ0) is 99.6. The molecule has 0 fully saturated rings. The molecule has 19 nitrogen and oxygen atoms in total. The first kappa shape index (κ1) is 102. The Bertz CT molecular complexity index is 7580. The van der Waals surface area contributed by atoms with Crippen molar-refractivity contribution in [3.8, 4) is 119 Å². The Morgan fingerprint density at radius 3 is 0.871 bits per heavy atom. The van der Waals surface area contributed by atoms with Crippen LogP contribution >= 0.6 is 34.0 Å². The van der Waals surface area contributed by atoms with Gasteiger partial charge in [-0.1, -0.05) is 303 Å². The number of phenolic OH excluding ortho intramolecular Hbond substituents is 2. The SMILES string of the molecule is COc1cccc(OC)c1-c1ccccc1.COc1cccc(OC)c1OS(=O)(=O)C(F)(F)F.O=S(=O)(Oc1cccc(OS(=O)(=O)C(F)(F)F)c1-c1ccccc1)C(F)(F)F.OB(O)c1cccc2c1sc1ccccc12.OB(O)c1ccccc1.Oc1cccc(O)c1-c1ccccc1.c1ccc(-c2c(-c3cccc4c3sc3ccccc34)cccc2-c2cccc3c2sc2ccccc23)cc1. The van der Waals surface area contributed by atoms with Crippen molar-refractivity contribution in [2.45, 2.75) is 16.5 Å². The fraction of sp³-hybridized carbons (Fsp3) is 0.0680. The molecule has 139 heavy (non-hydrogen) atoms. The van der Waals surface area contributed by atoms with Crippen molar-refractivity contribution in [3.63, 3.8) is 0 Å². The number of hydrogen-bond acceptors (Lipinski definition) is 22. The highest BCUT2D eigenvalue weighted by atomic mass is 32.2. The summed E-state index contributed by atoms with van der Waals surface area (Å²) in [4.78, 5) is 0. The minimum Gasteiger partial charge on any atom is -0.507 e. The molecule has 0 aliphatic heterocycles. The van der Waals surface area contributed by atoms with Gasteiger partial charge in [-0.2, -0.15) is 64.8 Å². The Morgan fingerprint density at radius 1 is 0.252 bits per heavy atom. The summed E-state index contributed by atoms with van der Waals surface area (Å²) in [6.07, 6.45) is 0. The molecule has 0 amide bonds. The van der Waals surface area contributed by atoms with Crippen molar-refractivity contribution in [1.29, 1.82) is 0 Å². The number of fused-ring (bicyclic) bond motifs is 9. The summed E-state index contributed by atoms with van der Waals surface area (Å²) in [6.45, 7) is 0. The van der Waals surface area contributed by atoms with Gasteiger partial charge >= 0.3 is 61.1 Å². The van der Waals surface area contributed by atoms with E-state index in [0.717, 1.165) is 70.7 Å². The molecule has 0 atom stereocenters. The fourth-order valence-electron chi connectivity index (χ4n) is 14.5. The van der Waals surface area contributed by atoms with Gasteiger partial charge in [0.2, 0.25) is 5.75 Å². The number of halogens is 9. The highest BCUT2D eigenvalue weighted by molar-refractivity contribution is 7.88. The Hall–Kier alpha value is -14.4. The van der Waals surface area contributed by atoms with Crippen molar-refractivity contribution >= 4 is 150 Å². The number of ether oxygens (including phenoxy) is 4. The molecular formula is C103H79B2F9O19S6. The number of methoxy groups -OCH3 is 4. The summed E-state index contributed by atoms with van der Waals surface area (Å²) < 4.78 is 219. The summed E-state index contributed by atoms with van der Waals surface area (Å²) >= 11 is 5.39. The van der Waals surface area contributed by atoms with Crippen LogP contribution in [0, 0.1) is 0 Å². The molecule has 3 heterocycles. The number of alkyl halides is 9. The first-order chi connectivity index (χ1) is 66.5. The second-order valence-electron chi connectivity index (χ2n) is 29.5. The van der Waals surface area contributed by atoms with Gasteiger partial charge in [0.05, 0.1) is 45.1 Å². The van der Waals surface area contributed by atoms with Crippen molar-refractivity contribution in [2.24, 2.45) is 0 Å². The predicted molar refractivity (Wildman–Crippen MR) is 532 cm³/mol. The van der Waals surface area contributed by atoms with Gasteiger partial charge in [0.1, 0.15) is 23.0 Å². The van der Waals surface area contributed by atoms with E-state index < -0.39 is 83.9 Å². The number of thiophene rings is 3. The van der Waals surface area contributed by atoms with Gasteiger partial charge in [0.15, 0.2) is 23.0 Å². The van der Waals surface area contributed by atoms with E-state index in [4.69, 9.17) is 29.0 Å². The van der Waals surface area contributed by atoms with Crippen LogP contribution in [0.1, 0.15) is 0 Å². The molecule has 0 bridgehead atoms. The molecule has 36 heteroatoms. The highest BCUT2D eigenvalue weighted by Crippen LogP contribution is 2.51. The van der Waals surface area contributed by atoms with Crippen molar-refractivity contribution in [2.75, 3.05) is 28.4 Å². The van der Waals surface area contributed by atoms with Gasteiger partial charge < -0.3 is 61.8 Å². The van der Waals surface area contributed by atoms with Gasteiger partial charge in [0.25, 0.3) is 0 Å². The number of para-hydroxylation sites is 1. The van der Waals surface area contributed by atoms with E-state index in [1.807, 2.05) is 138 Å². The minimum atomic E-state index is -6.20. The van der Waals surface area contributed by atoms with Crippen LogP contribution in [-0.4, -0.2) is 115 Å². The zero-order valence-corrected chi connectivity index (χ0v) is 78.1. The predicted octanol–water partition coefficient (Wildman–Crippen LogP) is 24.4. The lowest BCUT2D eigenvalue weighted by molar-refractivity contribution is -0.0506. The first-order valence-corrected chi connectivity index (χ1v) is 48.1. The van der Waals surface area contributed by atoms with Crippen LogP contribution in [-0.2, 0) is 30.4 Å². The van der Waals surface area contributed by atoms with Crippen LogP contribution in [0.5, 0.6) is 51.7 Å². The summed E-state index contributed by atoms with van der Waals surface area (Å²) in [5.74, 6) is -1.37. The lowest BCUT2D eigenvalue weighted by Crippen LogP contribution is -2.29. The molecule has 710 valence electrons. The van der Waals surface area contributed by atoms with Crippen molar-refractivity contribution in [1.82, 2.24) is 0 Å². The molecule has 6 N–H and O–H groups in total. The van der Waals surface area contributed by atoms with Crippen molar-refractivity contribution < 1.29 is 127 Å². The summed E-state index contributed by atoms with van der Waals surface area (Å²) in [7, 11) is -15.3. The number of phenols is 2. The Balaban J connectivity index is 0.000000143. The van der Waals surface area contributed by atoms with E-state index in [9.17, 15) is 85.0 Å². The largest absolute Gasteiger partial charge is 0.534 e. The van der Waals surface area contributed by atoms with Gasteiger partial charge in [-0.15, -0.1) is 34.0 Å². The van der Waals surface area contributed by atoms with Crippen molar-refractivity contribution in [3.05, 3.63) is 370 Å². The molecule has 0 radical (unpaired) electrons. The van der Waals surface area contributed by atoms with Crippen LogP contribution in [0.15, 0.2) is 370 Å². The number of aromatic hydroxyl groups is 2. The molecule has 0 aliphatic carbocycles. The summed E-state index contributed by atoms with van der Waals surface area (Å²) in [6, 6.07) is 113. The van der Waals surface area contributed by atoms with E-state index in [0.29, 0.717) is 28.6 Å². The topological polar surface area (TPSA) is 288 Å². The standard InChI is InChI=1S/C36H22S2.C14H8F6O6S2.C14H14O2.C12H9BO2S.C12H10O2.C9H9F3O5S.C6H7BO2/c1-2-11-23(12-3-1)34-26(30-19-9-17-28-24-13-4-6-21-32(24)37-35(28)30)15-8-16-27(34)31-20-10-18-29-25-14-5-7-22-33(25)38-36(29)31;15-13(16,17)27(21,22)25-10-7-4-8-11(26-28(23,24)14(18,19)20)12(10)9-5-2-1-3-6-9;1-15-12-9-6-10-13(16-2)14(12)11-7-4-3-5-8-11;14-13(15)10-6-3-5-9-8-4-1-2-7-11(8)16-12(9)10;13-10-7-4-8-11(14)12(10)9-5-2-1-3-6-9;1-15-6-4-3-5-7(16-2)8(6)17-18(13,14)9(10,11)12;8-7(9)6-4-2-1-3-5-6/h1-22H;1-8H;3-10H,1-2H3;1-7,14-15H;1-8,13-14H;3-5H,1-2H3;1-5,8-9H. The van der Waals surface area contributed by atoms with Crippen LogP contribution < -0.4 is 42.4 Å². The van der Waals surface area contributed by atoms with Gasteiger partial charge in [-0.25, -0.2) is 0 Å². The molecule has 0 spiro atoms. The summed E-state index contributed by atoms with van der Waals surface area (Å²) in [5.41, 5.74) is -5.93. The van der Waals surface area contributed by atoms with E-state index in [1.165, 1.54) is 120 Å². The molecule has 0 saturated heterocycles. The summed E-state index contributed by atoms with van der Waals surface area (Å²) in [5, 5.41) is 62.5. The first-order valence-electron chi connectivity index (χ1n) is 41.4. The molecule has 19 aromatic rings. The van der Waals surface area contributed by atoms with Gasteiger partial charge in [-0.05, 0) is 122 Å². The van der Waals surface area contributed by atoms with Crippen LogP contribution in [0.25, 0.3) is 127 Å². The monoisotopic (exact) mass is 2000 g/mol. The van der Waals surface area contributed by atoms with E-state index >= 15 is 0 Å². The minimum absolute atomic E-state index is 0.0937. The number of hydrogen-bond donors (Lipinski definition) is 6. The van der Waals surface area contributed by atoms with Crippen LogP contribution in [0.4, 0.5) is 39.5 Å². The molecule has 0 aliphatic rings. The lowest BCUT2D eigenvalue weighted by atomic mass is 9.80. The zero-order valence-electron chi connectivity index (χ0n) is 73.2.